The fourth-order valence-corrected chi connectivity index (χ4v) is 2.14. The molecule has 0 bridgehead atoms. The fourth-order valence-electron chi connectivity index (χ4n) is 1.72. The van der Waals surface area contributed by atoms with Crippen LogP contribution in [0.15, 0.2) is 66.7 Å². The summed E-state index contributed by atoms with van der Waals surface area (Å²) in [5.41, 5.74) is 7.44. The van der Waals surface area contributed by atoms with E-state index >= 15 is 0 Å². The van der Waals surface area contributed by atoms with Crippen LogP contribution in [0.2, 0.25) is 10.3 Å². The van der Waals surface area contributed by atoms with Gasteiger partial charge in [0, 0.05) is 18.2 Å². The van der Waals surface area contributed by atoms with Gasteiger partial charge < -0.3 is 5.73 Å². The van der Waals surface area contributed by atoms with Crippen LogP contribution in [0.5, 0.6) is 0 Å². The summed E-state index contributed by atoms with van der Waals surface area (Å²) < 4.78 is 0. The summed E-state index contributed by atoms with van der Waals surface area (Å²) >= 11 is 11.5. The topological polar surface area (TPSA) is 51.8 Å². The minimum atomic E-state index is 0.351. The van der Waals surface area contributed by atoms with Crippen molar-refractivity contribution in [2.75, 3.05) is 0 Å². The second-order valence-electron chi connectivity index (χ2n) is 4.39. The molecular formula is C17H15Cl2N3. The lowest BCUT2D eigenvalue weighted by atomic mass is 10.2. The predicted octanol–water partition coefficient (Wildman–Crippen LogP) is 4.60. The van der Waals surface area contributed by atoms with E-state index in [1.165, 1.54) is 11.6 Å². The molecule has 0 unspecified atom stereocenters. The number of halogens is 2. The van der Waals surface area contributed by atoms with Gasteiger partial charge in [0.25, 0.3) is 0 Å². The Kier molecular flexibility index (Phi) is 6.34. The molecule has 1 aromatic heterocycles. The molecule has 0 fully saturated rings. The fraction of sp³-hybridized carbons (Fsp3) is 0.0588. The molecular weight excluding hydrogens is 317 g/mol. The Morgan fingerprint density at radius 3 is 1.73 bits per heavy atom. The van der Waals surface area contributed by atoms with Gasteiger partial charge in [-0.05, 0) is 5.56 Å². The van der Waals surface area contributed by atoms with E-state index in [2.05, 4.69) is 9.97 Å². The van der Waals surface area contributed by atoms with Crippen LogP contribution in [0.25, 0.3) is 11.4 Å². The van der Waals surface area contributed by atoms with Gasteiger partial charge in [-0.25, -0.2) is 9.97 Å². The molecule has 3 aromatic rings. The van der Waals surface area contributed by atoms with E-state index in [1.54, 1.807) is 0 Å². The molecule has 0 saturated carbocycles. The maximum atomic E-state index is 5.76. The van der Waals surface area contributed by atoms with E-state index in [0.29, 0.717) is 22.7 Å². The molecule has 5 heteroatoms. The van der Waals surface area contributed by atoms with E-state index < -0.39 is 0 Å². The van der Waals surface area contributed by atoms with Crippen molar-refractivity contribution in [2.24, 2.45) is 5.73 Å². The number of rotatable bonds is 2. The van der Waals surface area contributed by atoms with Gasteiger partial charge in [-0.15, -0.1) is 0 Å². The number of nitrogens with zero attached hydrogens (tertiary/aromatic N) is 2. The minimum Gasteiger partial charge on any atom is -0.326 e. The molecule has 3 nitrogen and oxygen atoms in total. The summed E-state index contributed by atoms with van der Waals surface area (Å²) in [6.45, 7) is 0.640. The lowest BCUT2D eigenvalue weighted by Crippen LogP contribution is -1.94. The second-order valence-corrected chi connectivity index (χ2v) is 5.17. The van der Waals surface area contributed by atoms with Crippen molar-refractivity contribution in [2.45, 2.75) is 6.54 Å². The minimum absolute atomic E-state index is 0.351. The maximum Gasteiger partial charge on any atom is 0.162 e. The third-order valence-corrected chi connectivity index (χ3v) is 3.16. The van der Waals surface area contributed by atoms with E-state index in [9.17, 15) is 0 Å². The van der Waals surface area contributed by atoms with Crippen molar-refractivity contribution in [1.29, 1.82) is 0 Å². The first-order valence-electron chi connectivity index (χ1n) is 6.68. The molecule has 0 saturated heterocycles. The van der Waals surface area contributed by atoms with Crippen molar-refractivity contribution >= 4 is 23.2 Å². The third-order valence-electron chi connectivity index (χ3n) is 2.77. The van der Waals surface area contributed by atoms with Gasteiger partial charge in [0.05, 0.1) is 0 Å². The van der Waals surface area contributed by atoms with Gasteiger partial charge in [-0.3, -0.25) is 0 Å². The highest BCUT2D eigenvalue weighted by molar-refractivity contribution is 6.33. The van der Waals surface area contributed by atoms with Gasteiger partial charge in [-0.2, -0.15) is 0 Å². The Morgan fingerprint density at radius 2 is 1.27 bits per heavy atom. The Bertz CT molecular complexity index is 683. The molecule has 3 rings (SSSR count). The standard InChI is InChI=1S/C10H6Cl2N2.C7H9N/c11-8-6-9(12)14-10(13-8)7-4-2-1-3-5-7;8-6-7-4-2-1-3-5-7/h1-6H;1-5H,6,8H2. The number of nitrogens with two attached hydrogens (primary N) is 1. The van der Waals surface area contributed by atoms with Crippen molar-refractivity contribution in [3.63, 3.8) is 0 Å². The van der Waals surface area contributed by atoms with Crippen LogP contribution in [0.4, 0.5) is 0 Å². The van der Waals surface area contributed by atoms with Crippen molar-refractivity contribution in [1.82, 2.24) is 9.97 Å². The lowest BCUT2D eigenvalue weighted by molar-refractivity contribution is 1.07. The van der Waals surface area contributed by atoms with Gasteiger partial charge in [0.15, 0.2) is 5.82 Å². The SMILES string of the molecule is Clc1cc(Cl)nc(-c2ccccc2)n1.NCc1ccccc1. The normalized spacial score (nSPS) is 9.77. The maximum absolute atomic E-state index is 5.76. The smallest absolute Gasteiger partial charge is 0.162 e. The lowest BCUT2D eigenvalue weighted by Gasteiger charge is -2.00. The van der Waals surface area contributed by atoms with E-state index in [1.807, 2.05) is 60.7 Å². The van der Waals surface area contributed by atoms with Gasteiger partial charge in [0.1, 0.15) is 10.3 Å². The van der Waals surface area contributed by atoms with Crippen molar-refractivity contribution in [3.05, 3.63) is 82.6 Å². The first-order valence-corrected chi connectivity index (χ1v) is 7.44. The van der Waals surface area contributed by atoms with Crippen LogP contribution in [-0.4, -0.2) is 9.97 Å². The molecule has 0 amide bonds. The largest absolute Gasteiger partial charge is 0.326 e. The van der Waals surface area contributed by atoms with E-state index in [4.69, 9.17) is 28.9 Å². The van der Waals surface area contributed by atoms with Crippen LogP contribution in [0.3, 0.4) is 0 Å². The summed E-state index contributed by atoms with van der Waals surface area (Å²) in [5.74, 6) is 0.545. The van der Waals surface area contributed by atoms with E-state index in [0.717, 1.165) is 5.56 Å². The number of benzene rings is 2. The Hall–Kier alpha value is -1.94. The van der Waals surface area contributed by atoms with Crippen LogP contribution in [0.1, 0.15) is 5.56 Å². The highest BCUT2D eigenvalue weighted by Crippen LogP contribution is 2.19. The van der Waals surface area contributed by atoms with Crippen molar-refractivity contribution in [3.8, 4) is 11.4 Å². The summed E-state index contributed by atoms with van der Waals surface area (Å²) in [6, 6.07) is 21.1. The van der Waals surface area contributed by atoms with Crippen LogP contribution in [0, 0.1) is 0 Å². The first-order chi connectivity index (χ1) is 10.7. The molecule has 0 aliphatic heterocycles. The molecule has 0 spiro atoms. The summed E-state index contributed by atoms with van der Waals surface area (Å²) in [6.07, 6.45) is 0. The highest BCUT2D eigenvalue weighted by Gasteiger charge is 2.03. The average molecular weight is 332 g/mol. The molecule has 0 aliphatic rings. The van der Waals surface area contributed by atoms with Crippen LogP contribution < -0.4 is 5.73 Å². The molecule has 22 heavy (non-hydrogen) atoms. The monoisotopic (exact) mass is 331 g/mol. The summed E-state index contributed by atoms with van der Waals surface area (Å²) in [5, 5.41) is 0.702. The summed E-state index contributed by atoms with van der Waals surface area (Å²) in [7, 11) is 0. The molecule has 0 atom stereocenters. The zero-order valence-electron chi connectivity index (χ0n) is 11.8. The second kappa shape index (κ2) is 8.49. The van der Waals surface area contributed by atoms with Gasteiger partial charge in [0.2, 0.25) is 0 Å². The quantitative estimate of drug-likeness (QED) is 0.698. The third kappa shape index (κ3) is 5.11. The van der Waals surface area contributed by atoms with Crippen molar-refractivity contribution < 1.29 is 0 Å². The molecule has 1 heterocycles. The number of hydrogen-bond acceptors (Lipinski definition) is 3. The van der Waals surface area contributed by atoms with Crippen LogP contribution in [-0.2, 0) is 6.54 Å². The molecule has 2 N–H and O–H groups in total. The van der Waals surface area contributed by atoms with Crippen LogP contribution >= 0.6 is 23.2 Å². The number of hydrogen-bond donors (Lipinski definition) is 1. The highest BCUT2D eigenvalue weighted by atomic mass is 35.5. The molecule has 2 aromatic carbocycles. The first kappa shape index (κ1) is 16.4. The molecule has 112 valence electrons. The Labute approximate surface area is 139 Å². The molecule has 0 aliphatic carbocycles. The Morgan fingerprint density at radius 1 is 0.773 bits per heavy atom. The summed E-state index contributed by atoms with van der Waals surface area (Å²) in [4.78, 5) is 8.15. The van der Waals surface area contributed by atoms with Gasteiger partial charge in [-0.1, -0.05) is 83.9 Å². The van der Waals surface area contributed by atoms with Gasteiger partial charge >= 0.3 is 0 Å². The molecule has 0 radical (unpaired) electrons. The average Bonchev–Trinajstić information content (AvgIpc) is 2.56. The Balaban J connectivity index is 0.000000188. The number of aromatic nitrogens is 2. The van der Waals surface area contributed by atoms with E-state index in [-0.39, 0.29) is 0 Å². The predicted molar refractivity (Wildman–Crippen MR) is 91.8 cm³/mol. The zero-order chi connectivity index (χ0) is 15.8. The zero-order valence-corrected chi connectivity index (χ0v) is 13.3.